The van der Waals surface area contributed by atoms with Crippen molar-refractivity contribution in [2.45, 2.75) is 27.0 Å². The Labute approximate surface area is 188 Å². The highest BCUT2D eigenvalue weighted by atomic mass is 16.5. The minimum atomic E-state index is -0.102. The lowest BCUT2D eigenvalue weighted by molar-refractivity contribution is 0.0616. The number of nitrogens with zero attached hydrogens (tertiary/aromatic N) is 3. The van der Waals surface area contributed by atoms with E-state index < -0.39 is 0 Å². The number of aryl methyl sites for hydroxylation is 2. The number of carbonyl (C=O) groups is 1. The Morgan fingerprint density at radius 2 is 1.75 bits per heavy atom. The second-order valence-electron chi connectivity index (χ2n) is 8.04. The fraction of sp³-hybridized carbons (Fsp3) is 0.360. The van der Waals surface area contributed by atoms with E-state index in [2.05, 4.69) is 22.2 Å². The lowest BCUT2D eigenvalue weighted by atomic mass is 10.1. The van der Waals surface area contributed by atoms with Crippen LogP contribution in [-0.4, -0.2) is 54.2 Å². The van der Waals surface area contributed by atoms with E-state index in [4.69, 9.17) is 14.0 Å². The van der Waals surface area contributed by atoms with Crippen molar-refractivity contribution in [2.24, 2.45) is 0 Å². The number of benzene rings is 2. The van der Waals surface area contributed by atoms with E-state index in [1.807, 2.05) is 55.1 Å². The van der Waals surface area contributed by atoms with E-state index >= 15 is 0 Å². The van der Waals surface area contributed by atoms with Crippen molar-refractivity contribution in [1.82, 2.24) is 15.0 Å². The second-order valence-corrected chi connectivity index (χ2v) is 8.04. The molecule has 4 rings (SSSR count). The summed E-state index contributed by atoms with van der Waals surface area (Å²) in [5, 5.41) is 4.06. The van der Waals surface area contributed by atoms with Crippen molar-refractivity contribution in [2.75, 3.05) is 33.3 Å². The summed E-state index contributed by atoms with van der Waals surface area (Å²) in [5.41, 5.74) is 3.33. The average molecular weight is 436 g/mol. The van der Waals surface area contributed by atoms with Crippen molar-refractivity contribution >= 4 is 5.91 Å². The zero-order valence-electron chi connectivity index (χ0n) is 18.8. The smallest absolute Gasteiger partial charge is 0.276 e. The zero-order chi connectivity index (χ0) is 22.5. The van der Waals surface area contributed by atoms with Gasteiger partial charge < -0.3 is 18.9 Å². The fourth-order valence-corrected chi connectivity index (χ4v) is 3.85. The number of ether oxygens (including phenoxy) is 2. The van der Waals surface area contributed by atoms with Crippen LogP contribution in [0.3, 0.4) is 0 Å². The normalized spacial score (nSPS) is 14.4. The van der Waals surface area contributed by atoms with E-state index in [9.17, 15) is 4.79 Å². The van der Waals surface area contributed by atoms with Gasteiger partial charge in [0.15, 0.2) is 5.69 Å². The number of hydrogen-bond acceptors (Lipinski definition) is 6. The molecule has 32 heavy (non-hydrogen) atoms. The Hall–Kier alpha value is -3.32. The lowest BCUT2D eigenvalue weighted by Gasteiger charge is -2.34. The molecule has 0 aliphatic carbocycles. The van der Waals surface area contributed by atoms with Gasteiger partial charge in [-0.15, -0.1) is 0 Å². The first-order valence-electron chi connectivity index (χ1n) is 10.8. The van der Waals surface area contributed by atoms with Crippen LogP contribution in [0.4, 0.5) is 0 Å². The summed E-state index contributed by atoms with van der Waals surface area (Å²) in [6, 6.07) is 15.9. The molecule has 7 nitrogen and oxygen atoms in total. The van der Waals surface area contributed by atoms with Crippen LogP contribution in [0.5, 0.6) is 11.5 Å². The van der Waals surface area contributed by atoms with Gasteiger partial charge >= 0.3 is 0 Å². The zero-order valence-corrected chi connectivity index (χ0v) is 18.8. The van der Waals surface area contributed by atoms with Gasteiger partial charge in [-0.2, -0.15) is 0 Å². The quantitative estimate of drug-likeness (QED) is 0.562. The number of rotatable bonds is 7. The van der Waals surface area contributed by atoms with E-state index in [1.165, 1.54) is 5.56 Å². The first-order valence-corrected chi connectivity index (χ1v) is 10.8. The summed E-state index contributed by atoms with van der Waals surface area (Å²) in [7, 11) is 1.67. The number of hydrogen-bond donors (Lipinski definition) is 0. The SMILES string of the molecule is COc1ccc(CN2CCN(C(=O)c3noc(C)c3COc3ccccc3C)CC2)cc1. The minimum absolute atomic E-state index is 0.102. The van der Waals surface area contributed by atoms with Crippen LogP contribution >= 0.6 is 0 Å². The summed E-state index contributed by atoms with van der Waals surface area (Å²) < 4.78 is 16.5. The first kappa shape index (κ1) is 21.9. The molecule has 1 saturated heterocycles. The molecule has 0 atom stereocenters. The topological polar surface area (TPSA) is 68.0 Å². The van der Waals surface area contributed by atoms with Gasteiger partial charge in [-0.3, -0.25) is 9.69 Å². The maximum atomic E-state index is 13.2. The average Bonchev–Trinajstić information content (AvgIpc) is 3.19. The Morgan fingerprint density at radius 3 is 2.44 bits per heavy atom. The number of amides is 1. The number of piperazine rings is 1. The van der Waals surface area contributed by atoms with Gasteiger partial charge in [0.1, 0.15) is 23.9 Å². The molecule has 2 aromatic carbocycles. The Morgan fingerprint density at radius 1 is 1.03 bits per heavy atom. The third-order valence-electron chi connectivity index (χ3n) is 5.88. The molecule has 2 heterocycles. The van der Waals surface area contributed by atoms with Crippen molar-refractivity contribution in [3.8, 4) is 11.5 Å². The van der Waals surface area contributed by atoms with Gasteiger partial charge in [-0.25, -0.2) is 0 Å². The Bertz CT molecular complexity index is 1050. The van der Waals surface area contributed by atoms with Gasteiger partial charge in [0.25, 0.3) is 5.91 Å². The standard InChI is InChI=1S/C25H29N3O4/c1-18-6-4-5-7-23(18)31-17-22-19(2)32-26-24(22)25(29)28-14-12-27(13-15-28)16-20-8-10-21(30-3)11-9-20/h4-11H,12-17H2,1-3H3. The minimum Gasteiger partial charge on any atom is -0.497 e. The Kier molecular flexibility index (Phi) is 6.75. The molecular formula is C25H29N3O4. The Balaban J connectivity index is 1.35. The molecule has 1 fully saturated rings. The van der Waals surface area contributed by atoms with Crippen molar-refractivity contribution in [1.29, 1.82) is 0 Å². The van der Waals surface area contributed by atoms with Crippen molar-refractivity contribution < 1.29 is 18.8 Å². The molecule has 0 radical (unpaired) electrons. The van der Waals surface area contributed by atoms with Crippen LogP contribution in [0.1, 0.15) is 32.9 Å². The third-order valence-corrected chi connectivity index (χ3v) is 5.88. The molecular weight excluding hydrogens is 406 g/mol. The highest BCUT2D eigenvalue weighted by Crippen LogP contribution is 2.22. The highest BCUT2D eigenvalue weighted by molar-refractivity contribution is 5.93. The summed E-state index contributed by atoms with van der Waals surface area (Å²) in [6.45, 7) is 7.83. The second kappa shape index (κ2) is 9.87. The van der Waals surface area contributed by atoms with Gasteiger partial charge in [-0.1, -0.05) is 35.5 Å². The molecule has 3 aromatic rings. The van der Waals surface area contributed by atoms with Crippen LogP contribution in [0.15, 0.2) is 53.1 Å². The largest absolute Gasteiger partial charge is 0.497 e. The number of para-hydroxylation sites is 1. The first-order chi connectivity index (χ1) is 15.5. The fourth-order valence-electron chi connectivity index (χ4n) is 3.85. The number of aromatic nitrogens is 1. The summed E-state index contributed by atoms with van der Waals surface area (Å²) in [5.74, 6) is 2.15. The predicted molar refractivity (Wildman–Crippen MR) is 121 cm³/mol. The third kappa shape index (κ3) is 4.94. The van der Waals surface area contributed by atoms with Crippen LogP contribution in [0.2, 0.25) is 0 Å². The maximum absolute atomic E-state index is 13.2. The van der Waals surface area contributed by atoms with E-state index in [0.717, 1.165) is 36.7 Å². The molecule has 7 heteroatoms. The number of carbonyl (C=O) groups excluding carboxylic acids is 1. The van der Waals surface area contributed by atoms with Crippen LogP contribution in [0, 0.1) is 13.8 Å². The number of methoxy groups -OCH3 is 1. The van der Waals surface area contributed by atoms with Crippen LogP contribution in [0.25, 0.3) is 0 Å². The van der Waals surface area contributed by atoms with Gasteiger partial charge in [-0.05, 0) is 43.2 Å². The molecule has 1 aliphatic heterocycles. The monoisotopic (exact) mass is 435 g/mol. The lowest BCUT2D eigenvalue weighted by Crippen LogP contribution is -2.48. The summed E-state index contributed by atoms with van der Waals surface area (Å²) in [6.07, 6.45) is 0. The predicted octanol–water partition coefficient (Wildman–Crippen LogP) is 3.84. The summed E-state index contributed by atoms with van der Waals surface area (Å²) >= 11 is 0. The van der Waals surface area contributed by atoms with E-state index in [-0.39, 0.29) is 12.5 Å². The molecule has 1 aromatic heterocycles. The molecule has 168 valence electrons. The molecule has 0 unspecified atom stereocenters. The highest BCUT2D eigenvalue weighted by Gasteiger charge is 2.28. The van der Waals surface area contributed by atoms with Gasteiger partial charge in [0.05, 0.1) is 12.7 Å². The van der Waals surface area contributed by atoms with E-state index in [0.29, 0.717) is 30.1 Å². The summed E-state index contributed by atoms with van der Waals surface area (Å²) in [4.78, 5) is 17.4. The van der Waals surface area contributed by atoms with Gasteiger partial charge in [0.2, 0.25) is 0 Å². The van der Waals surface area contributed by atoms with Crippen LogP contribution < -0.4 is 9.47 Å². The van der Waals surface area contributed by atoms with Gasteiger partial charge in [0, 0.05) is 32.7 Å². The molecule has 0 N–H and O–H groups in total. The molecule has 0 bridgehead atoms. The molecule has 0 spiro atoms. The molecule has 1 amide bonds. The molecule has 0 saturated carbocycles. The molecule has 1 aliphatic rings. The van der Waals surface area contributed by atoms with Crippen LogP contribution in [-0.2, 0) is 13.2 Å². The van der Waals surface area contributed by atoms with E-state index in [1.54, 1.807) is 7.11 Å². The van der Waals surface area contributed by atoms with Crippen molar-refractivity contribution in [3.63, 3.8) is 0 Å². The maximum Gasteiger partial charge on any atom is 0.276 e. The van der Waals surface area contributed by atoms with Crippen molar-refractivity contribution in [3.05, 3.63) is 76.7 Å².